The number of halogens is 2. The summed E-state index contributed by atoms with van der Waals surface area (Å²) in [5.41, 5.74) is 5.37. The first-order valence-electron chi connectivity index (χ1n) is 14.2. The summed E-state index contributed by atoms with van der Waals surface area (Å²) in [6, 6.07) is 21.3. The van der Waals surface area contributed by atoms with E-state index >= 15 is 0 Å². The van der Waals surface area contributed by atoms with Crippen LogP contribution in [-0.4, -0.2) is 19.7 Å². The predicted octanol–water partition coefficient (Wildman–Crippen LogP) is 9.27. The summed E-state index contributed by atoms with van der Waals surface area (Å²) in [7, 11) is 1.42. The lowest BCUT2D eigenvalue weighted by molar-refractivity contribution is -0.141. The van der Waals surface area contributed by atoms with E-state index in [0.29, 0.717) is 18.9 Å². The molecule has 0 heterocycles. The Labute approximate surface area is 236 Å². The molecule has 0 aliphatic heterocycles. The molecule has 1 aliphatic rings. The van der Waals surface area contributed by atoms with Crippen LogP contribution >= 0.6 is 0 Å². The molecule has 0 bridgehead atoms. The summed E-state index contributed by atoms with van der Waals surface area (Å²) < 4.78 is 41.6. The molecule has 1 aliphatic carbocycles. The quantitative estimate of drug-likeness (QED) is 0.211. The molecule has 1 saturated carbocycles. The Kier molecular flexibility index (Phi) is 9.83. The van der Waals surface area contributed by atoms with Crippen LogP contribution in [0.15, 0.2) is 66.7 Å². The minimum Gasteiger partial charge on any atom is -0.489 e. The molecule has 6 heteroatoms. The highest BCUT2D eigenvalue weighted by Crippen LogP contribution is 2.51. The molecule has 4 rings (SSSR count). The third-order valence-corrected chi connectivity index (χ3v) is 8.13. The average molecular weight is 551 g/mol. The minimum absolute atomic E-state index is 0.0845. The number of carbonyl (C=O) groups excluding carboxylic acids is 1. The molecule has 4 nitrogen and oxygen atoms in total. The molecular weight excluding hydrogens is 510 g/mol. The van der Waals surface area contributed by atoms with Crippen LogP contribution in [0.1, 0.15) is 87.8 Å². The van der Waals surface area contributed by atoms with Crippen molar-refractivity contribution in [1.82, 2.24) is 0 Å². The van der Waals surface area contributed by atoms with Gasteiger partial charge in [-0.1, -0.05) is 76.1 Å². The Morgan fingerprint density at radius 3 is 2.50 bits per heavy atom. The van der Waals surface area contributed by atoms with E-state index in [-0.39, 0.29) is 23.1 Å². The number of methoxy groups -OCH3 is 1. The first kappa shape index (κ1) is 29.6. The summed E-state index contributed by atoms with van der Waals surface area (Å²) >= 11 is 0. The Bertz CT molecular complexity index is 1290. The SMILES string of the molecule is CCC[C@@H](CC(=O)OC)c1cccc(OCc2ccc(-c3cccc(OC(F)F)c3)c([C@@H]3CCCC3(C)C)c2)c1. The zero-order valence-corrected chi connectivity index (χ0v) is 23.9. The van der Waals surface area contributed by atoms with E-state index in [1.165, 1.54) is 12.7 Å². The lowest BCUT2D eigenvalue weighted by atomic mass is 9.75. The van der Waals surface area contributed by atoms with Gasteiger partial charge in [0.2, 0.25) is 0 Å². The smallest absolute Gasteiger partial charge is 0.387 e. The van der Waals surface area contributed by atoms with Gasteiger partial charge in [-0.25, -0.2) is 0 Å². The molecule has 0 spiro atoms. The third-order valence-electron chi connectivity index (χ3n) is 8.13. The van der Waals surface area contributed by atoms with Gasteiger partial charge in [0.25, 0.3) is 0 Å². The van der Waals surface area contributed by atoms with Crippen LogP contribution in [-0.2, 0) is 16.1 Å². The molecule has 2 atom stereocenters. The number of alkyl halides is 2. The minimum atomic E-state index is -2.86. The number of esters is 1. The highest BCUT2D eigenvalue weighted by Gasteiger charge is 2.36. The fraction of sp³-hybridized carbons (Fsp3) is 0.441. The highest BCUT2D eigenvalue weighted by atomic mass is 19.3. The van der Waals surface area contributed by atoms with Crippen molar-refractivity contribution in [2.24, 2.45) is 5.41 Å². The van der Waals surface area contributed by atoms with Gasteiger partial charge in [0, 0.05) is 0 Å². The first-order valence-corrected chi connectivity index (χ1v) is 14.2. The summed E-state index contributed by atoms with van der Waals surface area (Å²) in [5, 5.41) is 0. The van der Waals surface area contributed by atoms with Crippen molar-refractivity contribution in [2.75, 3.05) is 7.11 Å². The van der Waals surface area contributed by atoms with E-state index in [0.717, 1.165) is 60.1 Å². The highest BCUT2D eigenvalue weighted by molar-refractivity contribution is 5.71. The van der Waals surface area contributed by atoms with Crippen LogP contribution in [0.25, 0.3) is 11.1 Å². The fourth-order valence-electron chi connectivity index (χ4n) is 6.04. The summed E-state index contributed by atoms with van der Waals surface area (Å²) in [6.45, 7) is 4.26. The van der Waals surface area contributed by atoms with Gasteiger partial charge in [-0.3, -0.25) is 4.79 Å². The van der Waals surface area contributed by atoms with Crippen molar-refractivity contribution < 1.29 is 27.8 Å². The second-order valence-electron chi connectivity index (χ2n) is 11.4. The molecule has 0 aromatic heterocycles. The molecular formula is C34H40F2O4. The number of benzene rings is 3. The number of ether oxygens (including phenoxy) is 3. The van der Waals surface area contributed by atoms with Crippen LogP contribution in [0.2, 0.25) is 0 Å². The molecule has 0 saturated heterocycles. The topological polar surface area (TPSA) is 44.8 Å². The van der Waals surface area contributed by atoms with E-state index in [9.17, 15) is 13.6 Å². The van der Waals surface area contributed by atoms with E-state index < -0.39 is 6.61 Å². The maximum atomic E-state index is 12.9. The molecule has 1 fully saturated rings. The summed E-state index contributed by atoms with van der Waals surface area (Å²) in [6.07, 6.45) is 5.59. The van der Waals surface area contributed by atoms with Crippen molar-refractivity contribution >= 4 is 5.97 Å². The Balaban J connectivity index is 1.60. The molecule has 214 valence electrons. The third kappa shape index (κ3) is 7.41. The number of carbonyl (C=O) groups is 1. The maximum absolute atomic E-state index is 12.9. The van der Waals surface area contributed by atoms with Crippen molar-refractivity contribution in [3.63, 3.8) is 0 Å². The molecule has 0 N–H and O–H groups in total. The van der Waals surface area contributed by atoms with E-state index in [1.807, 2.05) is 36.4 Å². The zero-order chi connectivity index (χ0) is 28.7. The second-order valence-corrected chi connectivity index (χ2v) is 11.4. The zero-order valence-electron chi connectivity index (χ0n) is 23.9. The molecule has 3 aromatic rings. The lowest BCUT2D eigenvalue weighted by Gasteiger charge is -2.30. The van der Waals surface area contributed by atoms with E-state index in [2.05, 4.69) is 37.6 Å². The number of hydrogen-bond donors (Lipinski definition) is 0. The van der Waals surface area contributed by atoms with Crippen LogP contribution in [0.5, 0.6) is 11.5 Å². The fourth-order valence-corrected chi connectivity index (χ4v) is 6.04. The van der Waals surface area contributed by atoms with Gasteiger partial charge in [0.05, 0.1) is 13.5 Å². The van der Waals surface area contributed by atoms with Gasteiger partial charge in [-0.2, -0.15) is 8.78 Å². The van der Waals surface area contributed by atoms with Crippen molar-refractivity contribution in [3.8, 4) is 22.6 Å². The number of hydrogen-bond acceptors (Lipinski definition) is 4. The predicted molar refractivity (Wildman–Crippen MR) is 154 cm³/mol. The first-order chi connectivity index (χ1) is 19.2. The van der Waals surface area contributed by atoms with Gasteiger partial charge in [0.15, 0.2) is 0 Å². The van der Waals surface area contributed by atoms with Crippen molar-refractivity contribution in [1.29, 1.82) is 0 Å². The van der Waals surface area contributed by atoms with E-state index in [1.54, 1.807) is 18.2 Å². The molecule has 0 radical (unpaired) electrons. The Morgan fingerprint density at radius 2 is 1.80 bits per heavy atom. The Morgan fingerprint density at radius 1 is 1.02 bits per heavy atom. The largest absolute Gasteiger partial charge is 0.489 e. The monoisotopic (exact) mass is 550 g/mol. The van der Waals surface area contributed by atoms with Gasteiger partial charge in [0.1, 0.15) is 18.1 Å². The second kappa shape index (κ2) is 13.3. The van der Waals surface area contributed by atoms with E-state index in [4.69, 9.17) is 9.47 Å². The van der Waals surface area contributed by atoms with Gasteiger partial charge in [-0.15, -0.1) is 0 Å². The van der Waals surface area contributed by atoms with Crippen LogP contribution in [0.3, 0.4) is 0 Å². The Hall–Kier alpha value is -3.41. The van der Waals surface area contributed by atoms with Crippen molar-refractivity contribution in [3.05, 3.63) is 83.4 Å². The summed E-state index contributed by atoms with van der Waals surface area (Å²) in [5.74, 6) is 1.13. The van der Waals surface area contributed by atoms with Crippen LogP contribution in [0.4, 0.5) is 8.78 Å². The summed E-state index contributed by atoms with van der Waals surface area (Å²) in [4.78, 5) is 12.0. The molecule has 3 aromatic carbocycles. The van der Waals surface area contributed by atoms with Gasteiger partial charge < -0.3 is 14.2 Å². The van der Waals surface area contributed by atoms with Gasteiger partial charge in [-0.05, 0) is 88.6 Å². The van der Waals surface area contributed by atoms with Gasteiger partial charge >= 0.3 is 12.6 Å². The maximum Gasteiger partial charge on any atom is 0.387 e. The van der Waals surface area contributed by atoms with Crippen LogP contribution in [0, 0.1) is 5.41 Å². The normalized spacial score (nSPS) is 17.0. The molecule has 0 unspecified atom stereocenters. The molecule has 0 amide bonds. The lowest BCUT2D eigenvalue weighted by Crippen LogP contribution is -2.16. The standard InChI is InChI=1S/C34H40F2O4/c1-5-9-24(21-32(37)38-4)25-10-6-12-27(19-25)39-22-23-15-16-29(26-11-7-13-28(20-26)40-33(35)36)30(18-23)31-14-8-17-34(31,2)3/h6-7,10-13,15-16,18-20,24,31,33H,5,8-9,14,17,21-22H2,1-4H3/t24-,31-/m0/s1. The van der Waals surface area contributed by atoms with Crippen molar-refractivity contribution in [2.45, 2.75) is 84.4 Å². The van der Waals surface area contributed by atoms with Crippen LogP contribution < -0.4 is 9.47 Å². The number of rotatable bonds is 12. The molecule has 40 heavy (non-hydrogen) atoms. The average Bonchev–Trinajstić information content (AvgIpc) is 3.30.